The molecule has 3 atom stereocenters. The lowest BCUT2D eigenvalue weighted by atomic mass is 10.0. The minimum Gasteiger partial charge on any atom is -0.460 e. The molecule has 1 aliphatic heterocycles. The normalized spacial score (nSPS) is 20.4. The van der Waals surface area contributed by atoms with Gasteiger partial charge in [0.1, 0.15) is 6.10 Å². The second-order valence-electron chi connectivity index (χ2n) is 7.15. The van der Waals surface area contributed by atoms with Crippen LogP contribution in [0.3, 0.4) is 0 Å². The van der Waals surface area contributed by atoms with E-state index in [2.05, 4.69) is 0 Å². The second kappa shape index (κ2) is 14.5. The van der Waals surface area contributed by atoms with Crippen molar-refractivity contribution >= 4 is 5.97 Å². The minimum atomic E-state index is -0.339. The van der Waals surface area contributed by atoms with Crippen molar-refractivity contribution < 1.29 is 24.5 Å². The molecule has 1 fully saturated rings. The number of hydrogen-bond donors (Lipinski definition) is 2. The summed E-state index contributed by atoms with van der Waals surface area (Å²) in [4.78, 5) is 11.6. The number of epoxide rings is 1. The summed E-state index contributed by atoms with van der Waals surface area (Å²) in [5, 5.41) is 17.7. The Balaban J connectivity index is 1.83. The molecule has 0 bridgehead atoms. The first kappa shape index (κ1) is 22.4. The lowest BCUT2D eigenvalue weighted by Crippen LogP contribution is -2.20. The number of esters is 1. The highest BCUT2D eigenvalue weighted by atomic mass is 16.6. The van der Waals surface area contributed by atoms with Crippen molar-refractivity contribution in [3.05, 3.63) is 0 Å². The quantitative estimate of drug-likeness (QED) is 0.235. The first-order chi connectivity index (χ1) is 12.2. The first-order valence-electron chi connectivity index (χ1n) is 10.3. The Morgan fingerprint density at radius 1 is 0.920 bits per heavy atom. The number of ether oxygens (including phenoxy) is 2. The molecular formula is C20H38O5. The highest BCUT2D eigenvalue weighted by Gasteiger charge is 2.36. The van der Waals surface area contributed by atoms with Gasteiger partial charge in [-0.2, -0.15) is 0 Å². The number of carbonyl (C=O) groups is 1. The Hall–Kier alpha value is -0.650. The SMILES string of the molecule is CCC(CO)OC(=O)CCCCCCCC1OC1CCCCCCO. The van der Waals surface area contributed by atoms with Crippen molar-refractivity contribution in [3.8, 4) is 0 Å². The largest absolute Gasteiger partial charge is 0.460 e. The van der Waals surface area contributed by atoms with Crippen LogP contribution in [0.1, 0.15) is 90.4 Å². The van der Waals surface area contributed by atoms with Gasteiger partial charge in [-0.3, -0.25) is 4.79 Å². The van der Waals surface area contributed by atoms with Crippen LogP contribution in [0.15, 0.2) is 0 Å². The second-order valence-corrected chi connectivity index (χ2v) is 7.15. The number of rotatable bonds is 17. The maximum absolute atomic E-state index is 11.6. The Bertz CT molecular complexity index is 330. The summed E-state index contributed by atoms with van der Waals surface area (Å²) in [5.74, 6) is -0.186. The fourth-order valence-corrected chi connectivity index (χ4v) is 3.14. The molecular weight excluding hydrogens is 320 g/mol. The summed E-state index contributed by atoms with van der Waals surface area (Å²) >= 11 is 0. The summed E-state index contributed by atoms with van der Waals surface area (Å²) < 4.78 is 10.9. The van der Waals surface area contributed by atoms with Crippen molar-refractivity contribution in [2.75, 3.05) is 13.2 Å². The zero-order valence-electron chi connectivity index (χ0n) is 16.0. The van der Waals surface area contributed by atoms with Gasteiger partial charge in [-0.15, -0.1) is 0 Å². The van der Waals surface area contributed by atoms with E-state index >= 15 is 0 Å². The maximum Gasteiger partial charge on any atom is 0.306 e. The molecule has 1 saturated heterocycles. The predicted molar refractivity (Wildman–Crippen MR) is 98.4 cm³/mol. The lowest BCUT2D eigenvalue weighted by molar-refractivity contribution is -0.151. The van der Waals surface area contributed by atoms with Crippen LogP contribution in [0.25, 0.3) is 0 Å². The Morgan fingerprint density at radius 3 is 2.04 bits per heavy atom. The number of aliphatic hydroxyl groups excluding tert-OH is 2. The number of hydrogen-bond acceptors (Lipinski definition) is 5. The van der Waals surface area contributed by atoms with Gasteiger partial charge in [0.05, 0.1) is 18.8 Å². The molecule has 3 unspecified atom stereocenters. The van der Waals surface area contributed by atoms with E-state index in [-0.39, 0.29) is 18.7 Å². The maximum atomic E-state index is 11.6. The molecule has 2 N–H and O–H groups in total. The summed E-state index contributed by atoms with van der Waals surface area (Å²) in [6, 6.07) is 0. The average molecular weight is 359 g/mol. The van der Waals surface area contributed by atoms with Crippen LogP contribution in [-0.2, 0) is 14.3 Å². The first-order valence-corrected chi connectivity index (χ1v) is 10.3. The summed E-state index contributed by atoms with van der Waals surface area (Å²) in [7, 11) is 0. The van der Waals surface area contributed by atoms with E-state index in [4.69, 9.17) is 19.7 Å². The number of aliphatic hydroxyl groups is 2. The van der Waals surface area contributed by atoms with E-state index in [1.165, 1.54) is 32.1 Å². The smallest absolute Gasteiger partial charge is 0.306 e. The molecule has 0 saturated carbocycles. The fourth-order valence-electron chi connectivity index (χ4n) is 3.14. The molecule has 25 heavy (non-hydrogen) atoms. The molecule has 1 heterocycles. The van der Waals surface area contributed by atoms with Gasteiger partial charge in [-0.05, 0) is 32.1 Å². The zero-order chi connectivity index (χ0) is 18.3. The topological polar surface area (TPSA) is 79.3 Å². The summed E-state index contributed by atoms with van der Waals surface area (Å²) in [6.07, 6.45) is 14.1. The van der Waals surface area contributed by atoms with E-state index in [1.807, 2.05) is 6.92 Å². The standard InChI is InChI=1S/C20H38O5/c1-2-17(16-22)24-20(23)14-10-5-3-4-8-12-18-19(25-18)13-9-6-7-11-15-21/h17-19,21-22H,2-16H2,1H3. The van der Waals surface area contributed by atoms with Gasteiger partial charge in [0.2, 0.25) is 0 Å². The Labute approximate surface area is 153 Å². The third-order valence-corrected chi connectivity index (χ3v) is 4.91. The molecule has 0 aromatic carbocycles. The van der Waals surface area contributed by atoms with Crippen LogP contribution in [0, 0.1) is 0 Å². The Kier molecular flexibility index (Phi) is 13.0. The van der Waals surface area contributed by atoms with E-state index < -0.39 is 0 Å². The van der Waals surface area contributed by atoms with Crippen molar-refractivity contribution in [2.24, 2.45) is 0 Å². The third-order valence-electron chi connectivity index (χ3n) is 4.91. The fraction of sp³-hybridized carbons (Fsp3) is 0.950. The highest BCUT2D eigenvalue weighted by molar-refractivity contribution is 5.69. The summed E-state index contributed by atoms with van der Waals surface area (Å²) in [5.41, 5.74) is 0. The van der Waals surface area contributed by atoms with Crippen LogP contribution >= 0.6 is 0 Å². The van der Waals surface area contributed by atoms with Gasteiger partial charge >= 0.3 is 5.97 Å². The molecule has 1 rings (SSSR count). The lowest BCUT2D eigenvalue weighted by Gasteiger charge is -2.12. The third kappa shape index (κ3) is 11.6. The van der Waals surface area contributed by atoms with E-state index in [0.29, 0.717) is 31.7 Å². The van der Waals surface area contributed by atoms with Gasteiger partial charge in [0.15, 0.2) is 0 Å². The minimum absolute atomic E-state index is 0.0882. The monoisotopic (exact) mass is 358 g/mol. The van der Waals surface area contributed by atoms with E-state index in [1.54, 1.807) is 0 Å². The molecule has 0 amide bonds. The van der Waals surface area contributed by atoms with Crippen LogP contribution in [-0.4, -0.2) is 47.7 Å². The van der Waals surface area contributed by atoms with Crippen molar-refractivity contribution in [2.45, 2.75) is 109 Å². The summed E-state index contributed by atoms with van der Waals surface area (Å²) in [6.45, 7) is 2.13. The van der Waals surface area contributed by atoms with Gasteiger partial charge in [0.25, 0.3) is 0 Å². The van der Waals surface area contributed by atoms with Crippen LogP contribution in [0.2, 0.25) is 0 Å². The molecule has 0 aliphatic carbocycles. The van der Waals surface area contributed by atoms with Gasteiger partial charge < -0.3 is 19.7 Å². The highest BCUT2D eigenvalue weighted by Crippen LogP contribution is 2.31. The predicted octanol–water partition coefficient (Wildman–Crippen LogP) is 3.74. The molecule has 0 aromatic heterocycles. The van der Waals surface area contributed by atoms with Crippen LogP contribution < -0.4 is 0 Å². The van der Waals surface area contributed by atoms with Gasteiger partial charge in [-0.1, -0.05) is 51.9 Å². The van der Waals surface area contributed by atoms with Crippen molar-refractivity contribution in [1.29, 1.82) is 0 Å². The molecule has 0 aromatic rings. The molecule has 1 aliphatic rings. The number of unbranched alkanes of at least 4 members (excludes halogenated alkanes) is 7. The van der Waals surface area contributed by atoms with E-state index in [0.717, 1.165) is 38.5 Å². The van der Waals surface area contributed by atoms with Gasteiger partial charge in [0, 0.05) is 13.0 Å². The zero-order valence-corrected chi connectivity index (χ0v) is 16.0. The molecule has 0 spiro atoms. The number of carbonyl (C=O) groups excluding carboxylic acids is 1. The molecule has 5 heteroatoms. The van der Waals surface area contributed by atoms with E-state index in [9.17, 15) is 4.79 Å². The van der Waals surface area contributed by atoms with Crippen molar-refractivity contribution in [1.82, 2.24) is 0 Å². The average Bonchev–Trinajstić information content (AvgIpc) is 3.36. The van der Waals surface area contributed by atoms with Crippen LogP contribution in [0.5, 0.6) is 0 Å². The van der Waals surface area contributed by atoms with Crippen LogP contribution in [0.4, 0.5) is 0 Å². The molecule has 0 radical (unpaired) electrons. The molecule has 148 valence electrons. The van der Waals surface area contributed by atoms with Gasteiger partial charge in [-0.25, -0.2) is 0 Å². The molecule has 5 nitrogen and oxygen atoms in total. The van der Waals surface area contributed by atoms with Crippen molar-refractivity contribution in [3.63, 3.8) is 0 Å². The Morgan fingerprint density at radius 2 is 1.48 bits per heavy atom.